The fraction of sp³-hybridized carbons (Fsp3) is 0.500. The van der Waals surface area contributed by atoms with Crippen LogP contribution in [0.25, 0.3) is 6.08 Å². The van der Waals surface area contributed by atoms with Gasteiger partial charge in [0.1, 0.15) is 5.02 Å². The Morgan fingerprint density at radius 1 is 1.25 bits per heavy atom. The molecule has 128 valence electrons. The van der Waals surface area contributed by atoms with E-state index in [-0.39, 0.29) is 16.6 Å². The number of carbonyl (C=O) groups is 1. The summed E-state index contributed by atoms with van der Waals surface area (Å²) in [7, 11) is 0. The quantitative estimate of drug-likeness (QED) is 0.460. The first-order chi connectivity index (χ1) is 11.6. The highest BCUT2D eigenvalue weighted by Crippen LogP contribution is 2.35. The smallest absolute Gasteiger partial charge is 0.288 e. The molecular weight excluding hydrogens is 328 g/mol. The van der Waals surface area contributed by atoms with E-state index in [2.05, 4.69) is 0 Å². The Morgan fingerprint density at radius 3 is 2.79 bits per heavy atom. The van der Waals surface area contributed by atoms with Crippen molar-refractivity contribution < 1.29 is 9.72 Å². The minimum Gasteiger partial charge on any atom is -0.336 e. The number of piperidine rings is 1. The van der Waals surface area contributed by atoms with Crippen LogP contribution in [0, 0.1) is 16.0 Å². The van der Waals surface area contributed by atoms with E-state index >= 15 is 0 Å². The van der Waals surface area contributed by atoms with Gasteiger partial charge < -0.3 is 4.90 Å². The first-order valence-corrected chi connectivity index (χ1v) is 8.86. The zero-order chi connectivity index (χ0) is 17.1. The van der Waals surface area contributed by atoms with Crippen molar-refractivity contribution in [2.24, 2.45) is 5.92 Å². The van der Waals surface area contributed by atoms with E-state index in [9.17, 15) is 14.9 Å². The number of amides is 1. The number of nitrogens with zero attached hydrogens (tertiary/aromatic N) is 2. The van der Waals surface area contributed by atoms with Crippen LogP contribution in [-0.2, 0) is 4.79 Å². The normalized spacial score (nSPS) is 24.0. The zero-order valence-electron chi connectivity index (χ0n) is 13.5. The van der Waals surface area contributed by atoms with Crippen molar-refractivity contribution in [2.45, 2.75) is 44.6 Å². The van der Waals surface area contributed by atoms with E-state index in [1.54, 1.807) is 12.1 Å². The van der Waals surface area contributed by atoms with Crippen LogP contribution in [-0.4, -0.2) is 28.3 Å². The summed E-state index contributed by atoms with van der Waals surface area (Å²) in [6.45, 7) is 0.811. The van der Waals surface area contributed by atoms with Crippen molar-refractivity contribution in [2.75, 3.05) is 6.54 Å². The monoisotopic (exact) mass is 348 g/mol. The maximum Gasteiger partial charge on any atom is 0.288 e. The van der Waals surface area contributed by atoms with Crippen LogP contribution in [0.3, 0.4) is 0 Å². The Kier molecular flexibility index (Phi) is 5.19. The van der Waals surface area contributed by atoms with Gasteiger partial charge in [0.25, 0.3) is 5.69 Å². The highest BCUT2D eigenvalue weighted by Gasteiger charge is 2.34. The molecular formula is C18H21ClN2O3. The molecule has 2 fully saturated rings. The highest BCUT2D eigenvalue weighted by molar-refractivity contribution is 6.32. The average molecular weight is 349 g/mol. The van der Waals surface area contributed by atoms with Gasteiger partial charge in [0, 0.05) is 24.7 Å². The number of hydrogen-bond donors (Lipinski definition) is 0. The minimum absolute atomic E-state index is 0.00389. The molecule has 3 rings (SSSR count). The van der Waals surface area contributed by atoms with E-state index in [0.29, 0.717) is 17.5 Å². The molecule has 5 nitrogen and oxygen atoms in total. The van der Waals surface area contributed by atoms with Gasteiger partial charge in [-0.05, 0) is 49.3 Å². The lowest BCUT2D eigenvalue weighted by molar-refractivity contribution is -0.384. The van der Waals surface area contributed by atoms with Crippen LogP contribution in [0.4, 0.5) is 5.69 Å². The molecule has 0 radical (unpaired) electrons. The molecule has 1 saturated carbocycles. The topological polar surface area (TPSA) is 63.4 Å². The Labute approximate surface area is 146 Å². The van der Waals surface area contributed by atoms with Gasteiger partial charge in [0.15, 0.2) is 0 Å². The van der Waals surface area contributed by atoms with Gasteiger partial charge in [-0.15, -0.1) is 0 Å². The van der Waals surface area contributed by atoms with E-state index in [0.717, 1.165) is 19.4 Å². The molecule has 0 aromatic heterocycles. The maximum atomic E-state index is 12.6. The second kappa shape index (κ2) is 7.34. The van der Waals surface area contributed by atoms with Crippen LogP contribution in [0.5, 0.6) is 0 Å². The summed E-state index contributed by atoms with van der Waals surface area (Å²) >= 11 is 5.81. The molecule has 0 bridgehead atoms. The summed E-state index contributed by atoms with van der Waals surface area (Å²) in [6.07, 6.45) is 10.2. The molecule has 1 heterocycles. The summed E-state index contributed by atoms with van der Waals surface area (Å²) < 4.78 is 0. The molecule has 0 spiro atoms. The fourth-order valence-corrected chi connectivity index (χ4v) is 4.12. The van der Waals surface area contributed by atoms with Gasteiger partial charge in [-0.1, -0.05) is 30.5 Å². The number of nitro benzene ring substituents is 1. The number of hydrogen-bond acceptors (Lipinski definition) is 3. The Balaban J connectivity index is 1.73. The molecule has 1 aromatic rings. The molecule has 2 atom stereocenters. The first-order valence-electron chi connectivity index (χ1n) is 8.49. The second-order valence-corrected chi connectivity index (χ2v) is 6.99. The molecule has 6 heteroatoms. The maximum absolute atomic E-state index is 12.6. The lowest BCUT2D eigenvalue weighted by Crippen LogP contribution is -2.49. The van der Waals surface area contributed by atoms with Gasteiger partial charge in [0.2, 0.25) is 5.91 Å². The first kappa shape index (κ1) is 17.0. The third-order valence-corrected chi connectivity index (χ3v) is 5.43. The predicted octanol–water partition coefficient (Wildman–Crippen LogP) is 4.44. The van der Waals surface area contributed by atoms with Gasteiger partial charge in [-0.3, -0.25) is 14.9 Å². The predicted molar refractivity (Wildman–Crippen MR) is 93.8 cm³/mol. The van der Waals surface area contributed by atoms with Crippen molar-refractivity contribution >= 4 is 29.3 Å². The van der Waals surface area contributed by atoms with Gasteiger partial charge in [0.05, 0.1) is 4.92 Å². The number of carbonyl (C=O) groups excluding carboxylic acids is 1. The number of benzene rings is 1. The lowest BCUT2D eigenvalue weighted by Gasteiger charge is -2.43. The summed E-state index contributed by atoms with van der Waals surface area (Å²) in [5.41, 5.74) is 0.466. The number of rotatable bonds is 3. The van der Waals surface area contributed by atoms with E-state index < -0.39 is 4.92 Å². The summed E-state index contributed by atoms with van der Waals surface area (Å²) in [6, 6.07) is 4.93. The molecule has 0 N–H and O–H groups in total. The molecule has 1 amide bonds. The number of nitro groups is 1. The Morgan fingerprint density at radius 2 is 2.00 bits per heavy atom. The average Bonchev–Trinajstić information content (AvgIpc) is 2.60. The zero-order valence-corrected chi connectivity index (χ0v) is 14.2. The molecule has 1 aliphatic heterocycles. The van der Waals surface area contributed by atoms with Gasteiger partial charge in [-0.25, -0.2) is 0 Å². The molecule has 2 aliphatic rings. The standard InChI is InChI=1S/C18H21ClN2O3/c19-15-9-7-13(12-17(15)21(23)24)8-10-18(22)20-11-3-5-14-4-1-2-6-16(14)20/h7-10,12,14,16H,1-6,11H2/b10-8+. The fourth-order valence-electron chi connectivity index (χ4n) is 3.93. The van der Waals surface area contributed by atoms with E-state index in [1.807, 2.05) is 4.90 Å². The van der Waals surface area contributed by atoms with Crippen LogP contribution in [0.1, 0.15) is 44.1 Å². The van der Waals surface area contributed by atoms with Crippen LogP contribution in [0.15, 0.2) is 24.3 Å². The molecule has 24 heavy (non-hydrogen) atoms. The molecule has 1 saturated heterocycles. The largest absolute Gasteiger partial charge is 0.336 e. The van der Waals surface area contributed by atoms with Crippen molar-refractivity contribution in [1.29, 1.82) is 0 Å². The SMILES string of the molecule is O=C(/C=C/c1ccc(Cl)c([N+](=O)[O-])c1)N1CCCC2CCCCC21. The number of likely N-dealkylation sites (tertiary alicyclic amines) is 1. The van der Waals surface area contributed by atoms with E-state index in [1.165, 1.54) is 43.9 Å². The van der Waals surface area contributed by atoms with Crippen molar-refractivity contribution in [3.63, 3.8) is 0 Å². The highest BCUT2D eigenvalue weighted by atomic mass is 35.5. The molecule has 1 aromatic carbocycles. The van der Waals surface area contributed by atoms with Crippen molar-refractivity contribution in [3.8, 4) is 0 Å². The third kappa shape index (κ3) is 3.61. The lowest BCUT2D eigenvalue weighted by atomic mass is 9.78. The second-order valence-electron chi connectivity index (χ2n) is 6.59. The summed E-state index contributed by atoms with van der Waals surface area (Å²) in [5.74, 6) is 0.644. The minimum atomic E-state index is -0.515. The third-order valence-electron chi connectivity index (χ3n) is 5.11. The van der Waals surface area contributed by atoms with Crippen LogP contribution in [0.2, 0.25) is 5.02 Å². The summed E-state index contributed by atoms with van der Waals surface area (Å²) in [5, 5.41) is 11.0. The van der Waals surface area contributed by atoms with Crippen LogP contribution < -0.4 is 0 Å². The summed E-state index contributed by atoms with van der Waals surface area (Å²) in [4.78, 5) is 25.0. The Bertz CT molecular complexity index is 672. The van der Waals surface area contributed by atoms with E-state index in [4.69, 9.17) is 11.6 Å². The van der Waals surface area contributed by atoms with Crippen molar-refractivity contribution in [3.05, 3.63) is 45.0 Å². The van der Waals surface area contributed by atoms with Crippen molar-refractivity contribution in [1.82, 2.24) is 4.90 Å². The van der Waals surface area contributed by atoms with Crippen LogP contribution >= 0.6 is 11.6 Å². The molecule has 2 unspecified atom stereocenters. The van der Waals surface area contributed by atoms with Gasteiger partial charge in [-0.2, -0.15) is 0 Å². The number of fused-ring (bicyclic) bond motifs is 1. The Hall–Kier alpha value is -1.88. The number of halogens is 1. The van der Waals surface area contributed by atoms with Gasteiger partial charge >= 0.3 is 0 Å². The molecule has 1 aliphatic carbocycles.